The highest BCUT2D eigenvalue weighted by Crippen LogP contribution is 2.65. The summed E-state index contributed by atoms with van der Waals surface area (Å²) in [5.74, 6) is -0.582. The average molecular weight is 290 g/mol. The Morgan fingerprint density at radius 2 is 1.90 bits per heavy atom. The summed E-state index contributed by atoms with van der Waals surface area (Å²) >= 11 is 0. The minimum absolute atomic E-state index is 0.233. The molecule has 0 aromatic carbocycles. The number of hydrogen-bond acceptors (Lipinski definition) is 4. The summed E-state index contributed by atoms with van der Waals surface area (Å²) in [7, 11) is 0. The summed E-state index contributed by atoms with van der Waals surface area (Å²) in [6.07, 6.45) is 3.02. The molecule has 1 spiro atoms. The number of fused-ring (bicyclic) bond motifs is 1. The Bertz CT molecular complexity index is 615. The highest BCUT2D eigenvalue weighted by Gasteiger charge is 2.66. The van der Waals surface area contributed by atoms with Crippen LogP contribution in [-0.2, 0) is 14.3 Å². The van der Waals surface area contributed by atoms with E-state index >= 15 is 0 Å². The van der Waals surface area contributed by atoms with E-state index in [1.807, 2.05) is 26.8 Å². The molecule has 0 heterocycles. The third-order valence-electron chi connectivity index (χ3n) is 5.52. The van der Waals surface area contributed by atoms with E-state index in [0.29, 0.717) is 5.57 Å². The number of Topliss-reactive ketones (excluding diaryl/α,β-unsaturated/α-hetero) is 1. The van der Waals surface area contributed by atoms with E-state index < -0.39 is 22.5 Å². The molecule has 3 aliphatic rings. The molecule has 0 aromatic heterocycles. The Morgan fingerprint density at radius 1 is 1.33 bits per heavy atom. The van der Waals surface area contributed by atoms with E-state index in [1.54, 1.807) is 6.92 Å². The molecule has 1 N–H and O–H groups in total. The normalized spacial score (nSPS) is 35.6. The number of rotatable bonds is 1. The summed E-state index contributed by atoms with van der Waals surface area (Å²) in [5, 5.41) is 10.8. The van der Waals surface area contributed by atoms with Crippen LogP contribution in [0, 0.1) is 10.8 Å². The van der Waals surface area contributed by atoms with Crippen LogP contribution in [0.15, 0.2) is 22.8 Å². The molecule has 0 aliphatic heterocycles. The van der Waals surface area contributed by atoms with Crippen molar-refractivity contribution in [2.24, 2.45) is 10.8 Å². The summed E-state index contributed by atoms with van der Waals surface area (Å²) in [6.45, 7) is 8.88. The monoisotopic (exact) mass is 290 g/mol. The minimum Gasteiger partial charge on any atom is -0.457 e. The van der Waals surface area contributed by atoms with Crippen LogP contribution in [0.1, 0.15) is 47.5 Å². The Labute approximate surface area is 124 Å². The van der Waals surface area contributed by atoms with Crippen molar-refractivity contribution in [2.45, 2.75) is 59.2 Å². The third kappa shape index (κ3) is 1.65. The van der Waals surface area contributed by atoms with Gasteiger partial charge < -0.3 is 9.84 Å². The molecule has 4 heteroatoms. The Balaban J connectivity index is 2.21. The average Bonchev–Trinajstić information content (AvgIpc) is 3.10. The maximum atomic E-state index is 12.8. The molecule has 1 saturated carbocycles. The fourth-order valence-electron chi connectivity index (χ4n) is 4.09. The lowest BCUT2D eigenvalue weighted by molar-refractivity contribution is -0.148. The second kappa shape index (κ2) is 3.86. The van der Waals surface area contributed by atoms with Crippen molar-refractivity contribution in [3.05, 3.63) is 22.8 Å². The zero-order valence-electron chi connectivity index (χ0n) is 13.2. The molecule has 0 bridgehead atoms. The molecule has 114 valence electrons. The maximum absolute atomic E-state index is 12.8. The zero-order chi connectivity index (χ0) is 15.8. The van der Waals surface area contributed by atoms with Crippen molar-refractivity contribution in [3.8, 4) is 0 Å². The third-order valence-corrected chi connectivity index (χ3v) is 5.52. The van der Waals surface area contributed by atoms with Crippen LogP contribution in [0.2, 0.25) is 0 Å². The van der Waals surface area contributed by atoms with Gasteiger partial charge in [0.25, 0.3) is 0 Å². The van der Waals surface area contributed by atoms with E-state index in [-0.39, 0.29) is 11.8 Å². The molecule has 1 fully saturated rings. The van der Waals surface area contributed by atoms with Gasteiger partial charge in [0.05, 0.1) is 0 Å². The first-order valence-electron chi connectivity index (χ1n) is 7.43. The predicted molar refractivity (Wildman–Crippen MR) is 77.4 cm³/mol. The quantitative estimate of drug-likeness (QED) is 0.753. The van der Waals surface area contributed by atoms with Crippen LogP contribution in [0.4, 0.5) is 0 Å². The van der Waals surface area contributed by atoms with Gasteiger partial charge >= 0.3 is 5.97 Å². The smallest absolute Gasteiger partial charge is 0.303 e. The predicted octanol–water partition coefficient (Wildman–Crippen LogP) is 2.31. The van der Waals surface area contributed by atoms with Gasteiger partial charge in [0.1, 0.15) is 11.7 Å². The molecule has 0 unspecified atom stereocenters. The molecule has 2 atom stereocenters. The Hall–Kier alpha value is -1.42. The number of hydrogen-bond donors (Lipinski definition) is 1. The van der Waals surface area contributed by atoms with E-state index in [4.69, 9.17) is 4.74 Å². The standard InChI is InChI=1S/C17H22O4/c1-9-12-11(8-15(3,4)14(12)21-10(2)18)13(19)16(5,20)17(9)6-7-17/h8,14,20H,6-7H2,1-5H3/t14-,16-/m0/s1. The van der Waals surface area contributed by atoms with Gasteiger partial charge in [0.2, 0.25) is 0 Å². The van der Waals surface area contributed by atoms with Crippen molar-refractivity contribution in [3.63, 3.8) is 0 Å². The number of ketones is 1. The van der Waals surface area contributed by atoms with E-state index in [1.165, 1.54) is 6.92 Å². The highest BCUT2D eigenvalue weighted by molar-refractivity contribution is 6.09. The highest BCUT2D eigenvalue weighted by atomic mass is 16.5. The van der Waals surface area contributed by atoms with Gasteiger partial charge in [0.15, 0.2) is 5.78 Å². The lowest BCUT2D eigenvalue weighted by Gasteiger charge is -2.40. The van der Waals surface area contributed by atoms with Gasteiger partial charge in [-0.25, -0.2) is 0 Å². The van der Waals surface area contributed by atoms with Crippen LogP contribution < -0.4 is 0 Å². The molecule has 3 rings (SSSR count). The van der Waals surface area contributed by atoms with Crippen molar-refractivity contribution in [2.75, 3.05) is 0 Å². The minimum atomic E-state index is -1.35. The SMILES string of the molecule is CC(=O)O[C@H]1C2=C(C)C3(CC3)[C@@](C)(O)C(=O)C2=CC1(C)C. The molecule has 4 nitrogen and oxygen atoms in total. The van der Waals surface area contributed by atoms with Crippen molar-refractivity contribution >= 4 is 11.8 Å². The zero-order valence-corrected chi connectivity index (χ0v) is 13.2. The molecular weight excluding hydrogens is 268 g/mol. The summed E-state index contributed by atoms with van der Waals surface area (Å²) in [5.41, 5.74) is 0.109. The largest absolute Gasteiger partial charge is 0.457 e. The fourth-order valence-corrected chi connectivity index (χ4v) is 4.09. The van der Waals surface area contributed by atoms with Gasteiger partial charge in [-0.05, 0) is 26.7 Å². The van der Waals surface area contributed by atoms with Gasteiger partial charge in [0, 0.05) is 28.9 Å². The second-order valence-electron chi connectivity index (χ2n) is 7.39. The Kier molecular flexibility index (Phi) is 2.67. The molecule has 0 amide bonds. The van der Waals surface area contributed by atoms with Crippen LogP contribution in [0.25, 0.3) is 0 Å². The van der Waals surface area contributed by atoms with Crippen LogP contribution in [-0.4, -0.2) is 28.6 Å². The first-order chi connectivity index (χ1) is 9.54. The number of carbonyl (C=O) groups is 2. The molecule has 21 heavy (non-hydrogen) atoms. The van der Waals surface area contributed by atoms with E-state index in [9.17, 15) is 14.7 Å². The molecule has 0 radical (unpaired) electrons. The molecular formula is C17H22O4. The molecule has 0 aromatic rings. The van der Waals surface area contributed by atoms with E-state index in [2.05, 4.69) is 0 Å². The lowest BCUT2D eigenvalue weighted by atomic mass is 9.67. The second-order valence-corrected chi connectivity index (χ2v) is 7.39. The summed E-state index contributed by atoms with van der Waals surface area (Å²) < 4.78 is 5.52. The number of aliphatic hydroxyl groups is 1. The topological polar surface area (TPSA) is 63.6 Å². The number of esters is 1. The van der Waals surface area contributed by atoms with Gasteiger partial charge in [-0.2, -0.15) is 0 Å². The summed E-state index contributed by atoms with van der Waals surface area (Å²) in [6, 6.07) is 0. The first-order valence-corrected chi connectivity index (χ1v) is 7.43. The van der Waals surface area contributed by atoms with E-state index in [0.717, 1.165) is 24.0 Å². The lowest BCUT2D eigenvalue weighted by Crippen LogP contribution is -2.50. The maximum Gasteiger partial charge on any atom is 0.303 e. The van der Waals surface area contributed by atoms with Crippen LogP contribution >= 0.6 is 0 Å². The fraction of sp³-hybridized carbons (Fsp3) is 0.647. The van der Waals surface area contributed by atoms with Crippen molar-refractivity contribution < 1.29 is 19.4 Å². The van der Waals surface area contributed by atoms with Crippen LogP contribution in [0.5, 0.6) is 0 Å². The van der Waals surface area contributed by atoms with Gasteiger partial charge in [-0.15, -0.1) is 0 Å². The van der Waals surface area contributed by atoms with Crippen molar-refractivity contribution in [1.29, 1.82) is 0 Å². The number of ether oxygens (including phenoxy) is 1. The number of carbonyl (C=O) groups excluding carboxylic acids is 2. The molecule has 3 aliphatic carbocycles. The van der Waals surface area contributed by atoms with Gasteiger partial charge in [-0.3, -0.25) is 9.59 Å². The van der Waals surface area contributed by atoms with Gasteiger partial charge in [-0.1, -0.05) is 25.5 Å². The van der Waals surface area contributed by atoms with Crippen molar-refractivity contribution in [1.82, 2.24) is 0 Å². The first kappa shape index (κ1) is 14.5. The van der Waals surface area contributed by atoms with Crippen LogP contribution in [0.3, 0.4) is 0 Å². The molecule has 0 saturated heterocycles. The summed E-state index contributed by atoms with van der Waals surface area (Å²) in [4.78, 5) is 24.2. The Morgan fingerprint density at radius 3 is 2.38 bits per heavy atom.